The monoisotopic (exact) mass is 284 g/mol. The predicted octanol–water partition coefficient (Wildman–Crippen LogP) is -1.92. The standard InChI is InChI=1S/C9H12N6O5/c10-5-1-2-15(8(18)12-5)7-6(17)9(19,13-14-11)4(3-16)20-7/h1-2,4,6-7,16-17,19H,3H2,(H2,10,12,18)/t4-,6+,7-,9-/m1/s1. The Hall–Kier alpha value is -2.17. The van der Waals surface area contributed by atoms with Gasteiger partial charge >= 0.3 is 5.69 Å². The van der Waals surface area contributed by atoms with E-state index < -0.39 is 36.5 Å². The van der Waals surface area contributed by atoms with Crippen LogP contribution < -0.4 is 11.4 Å². The minimum absolute atomic E-state index is 0.0252. The number of hydrogen-bond acceptors (Lipinski definition) is 8. The van der Waals surface area contributed by atoms with Crippen molar-refractivity contribution in [2.45, 2.75) is 24.2 Å². The molecule has 0 aliphatic carbocycles. The number of rotatable bonds is 3. The first kappa shape index (κ1) is 14.2. The Morgan fingerprint density at radius 2 is 2.40 bits per heavy atom. The Kier molecular flexibility index (Phi) is 3.61. The lowest BCUT2D eigenvalue weighted by atomic mass is 10.0. The highest BCUT2D eigenvalue weighted by Gasteiger charge is 2.56. The lowest BCUT2D eigenvalue weighted by Gasteiger charge is -2.24. The summed E-state index contributed by atoms with van der Waals surface area (Å²) >= 11 is 0. The summed E-state index contributed by atoms with van der Waals surface area (Å²) in [7, 11) is 0. The van der Waals surface area contributed by atoms with E-state index in [2.05, 4.69) is 15.0 Å². The van der Waals surface area contributed by atoms with Crippen LogP contribution in [0.15, 0.2) is 22.2 Å². The van der Waals surface area contributed by atoms with Crippen molar-refractivity contribution in [1.82, 2.24) is 9.55 Å². The van der Waals surface area contributed by atoms with Gasteiger partial charge < -0.3 is 25.8 Å². The highest BCUT2D eigenvalue weighted by Crippen LogP contribution is 2.37. The smallest absolute Gasteiger partial charge is 0.351 e. The zero-order valence-corrected chi connectivity index (χ0v) is 10.1. The topological polar surface area (TPSA) is 180 Å². The van der Waals surface area contributed by atoms with Gasteiger partial charge in [-0.25, -0.2) is 4.79 Å². The lowest BCUT2D eigenvalue weighted by Crippen LogP contribution is -2.47. The van der Waals surface area contributed by atoms with Crippen LogP contribution in [0.25, 0.3) is 10.4 Å². The van der Waals surface area contributed by atoms with E-state index in [0.29, 0.717) is 0 Å². The largest absolute Gasteiger partial charge is 0.394 e. The van der Waals surface area contributed by atoms with E-state index in [0.717, 1.165) is 4.57 Å². The second kappa shape index (κ2) is 5.07. The summed E-state index contributed by atoms with van der Waals surface area (Å²) in [5, 5.41) is 32.3. The van der Waals surface area contributed by atoms with Gasteiger partial charge in [0.2, 0.25) is 5.72 Å². The molecule has 1 aromatic rings. The van der Waals surface area contributed by atoms with Gasteiger partial charge in [0.25, 0.3) is 0 Å². The molecule has 11 heteroatoms. The minimum atomic E-state index is -2.39. The van der Waals surface area contributed by atoms with E-state index in [1.807, 2.05) is 0 Å². The number of azide groups is 1. The van der Waals surface area contributed by atoms with Crippen molar-refractivity contribution < 1.29 is 20.1 Å². The quantitative estimate of drug-likeness (QED) is 0.283. The molecule has 0 radical (unpaired) electrons. The van der Waals surface area contributed by atoms with Gasteiger partial charge in [0.05, 0.1) is 6.61 Å². The SMILES string of the molecule is [N-]=[N+]=N[C@@]1(O)[C@@H](CO)O[C@@H](n2ccc(N)nc2=O)[C@@H]1O. The maximum atomic E-state index is 11.7. The van der Waals surface area contributed by atoms with Crippen LogP contribution >= 0.6 is 0 Å². The first-order chi connectivity index (χ1) is 9.43. The van der Waals surface area contributed by atoms with E-state index in [9.17, 15) is 15.0 Å². The van der Waals surface area contributed by atoms with Gasteiger partial charge in [0.1, 0.15) is 18.0 Å². The van der Waals surface area contributed by atoms with Crippen LogP contribution in [0, 0.1) is 0 Å². The van der Waals surface area contributed by atoms with Crippen LogP contribution in [0.4, 0.5) is 5.82 Å². The van der Waals surface area contributed by atoms with Crippen molar-refractivity contribution in [3.8, 4) is 0 Å². The molecule has 0 aromatic carbocycles. The van der Waals surface area contributed by atoms with Gasteiger partial charge in [0.15, 0.2) is 6.23 Å². The molecule has 4 atom stereocenters. The molecule has 0 spiro atoms. The number of ether oxygens (including phenoxy) is 1. The van der Waals surface area contributed by atoms with Gasteiger partial charge in [-0.3, -0.25) is 4.57 Å². The molecule has 108 valence electrons. The highest BCUT2D eigenvalue weighted by atomic mass is 16.6. The van der Waals surface area contributed by atoms with Crippen LogP contribution in [0.5, 0.6) is 0 Å². The van der Waals surface area contributed by atoms with Gasteiger partial charge in [0, 0.05) is 11.1 Å². The predicted molar refractivity (Wildman–Crippen MR) is 64.0 cm³/mol. The molecule has 2 rings (SSSR count). The van der Waals surface area contributed by atoms with Crippen molar-refractivity contribution >= 4 is 5.82 Å². The molecule has 11 nitrogen and oxygen atoms in total. The molecule has 0 unspecified atom stereocenters. The Morgan fingerprint density at radius 1 is 1.70 bits per heavy atom. The third-order valence-electron chi connectivity index (χ3n) is 2.98. The van der Waals surface area contributed by atoms with E-state index in [4.69, 9.17) is 21.1 Å². The molecule has 20 heavy (non-hydrogen) atoms. The van der Waals surface area contributed by atoms with Crippen LogP contribution in [-0.4, -0.2) is 49.4 Å². The Morgan fingerprint density at radius 3 is 2.95 bits per heavy atom. The molecule has 1 aromatic heterocycles. The average molecular weight is 284 g/mol. The van der Waals surface area contributed by atoms with Crippen molar-refractivity contribution in [1.29, 1.82) is 0 Å². The average Bonchev–Trinajstić information content (AvgIpc) is 2.63. The molecule has 1 fully saturated rings. The van der Waals surface area contributed by atoms with Crippen molar-refractivity contribution in [3.05, 3.63) is 33.2 Å². The second-order valence-corrected chi connectivity index (χ2v) is 4.16. The number of nitrogen functional groups attached to an aromatic ring is 1. The zero-order valence-electron chi connectivity index (χ0n) is 10.1. The molecule has 1 saturated heterocycles. The maximum Gasteiger partial charge on any atom is 0.351 e. The lowest BCUT2D eigenvalue weighted by molar-refractivity contribution is -0.0880. The van der Waals surface area contributed by atoms with Crippen LogP contribution in [0.2, 0.25) is 0 Å². The second-order valence-electron chi connectivity index (χ2n) is 4.16. The normalized spacial score (nSPS) is 32.9. The number of nitrogens with zero attached hydrogens (tertiary/aromatic N) is 5. The number of nitrogens with two attached hydrogens (primary N) is 1. The number of aliphatic hydroxyl groups excluding tert-OH is 2. The van der Waals surface area contributed by atoms with Crippen LogP contribution in [0.3, 0.4) is 0 Å². The fourth-order valence-corrected chi connectivity index (χ4v) is 1.95. The molecular weight excluding hydrogens is 272 g/mol. The maximum absolute atomic E-state index is 11.7. The summed E-state index contributed by atoms with van der Waals surface area (Å²) in [6.07, 6.45) is -3.32. The first-order valence-electron chi connectivity index (χ1n) is 5.51. The number of aromatic nitrogens is 2. The van der Waals surface area contributed by atoms with Gasteiger partial charge in [-0.2, -0.15) is 4.98 Å². The van der Waals surface area contributed by atoms with E-state index in [1.54, 1.807) is 0 Å². The number of hydrogen-bond donors (Lipinski definition) is 4. The summed E-state index contributed by atoms with van der Waals surface area (Å²) in [6, 6.07) is 1.29. The van der Waals surface area contributed by atoms with E-state index >= 15 is 0 Å². The molecular formula is C9H12N6O5. The summed E-state index contributed by atoms with van der Waals surface area (Å²) in [4.78, 5) is 17.5. The third-order valence-corrected chi connectivity index (χ3v) is 2.98. The fraction of sp³-hybridized carbons (Fsp3) is 0.556. The highest BCUT2D eigenvalue weighted by molar-refractivity contribution is 5.23. The molecule has 1 aliphatic rings. The van der Waals surface area contributed by atoms with Crippen LogP contribution in [-0.2, 0) is 4.74 Å². The minimum Gasteiger partial charge on any atom is -0.394 e. The van der Waals surface area contributed by atoms with E-state index in [1.165, 1.54) is 12.3 Å². The summed E-state index contributed by atoms with van der Waals surface area (Å²) in [5.74, 6) is -0.0252. The summed E-state index contributed by atoms with van der Waals surface area (Å²) in [6.45, 7) is -0.722. The van der Waals surface area contributed by atoms with E-state index in [-0.39, 0.29) is 5.82 Å². The van der Waals surface area contributed by atoms with Gasteiger partial charge in [-0.05, 0) is 11.6 Å². The van der Waals surface area contributed by atoms with Crippen LogP contribution in [0.1, 0.15) is 6.23 Å². The number of anilines is 1. The summed E-state index contributed by atoms with van der Waals surface area (Å²) < 4.78 is 6.03. The molecule has 0 bridgehead atoms. The summed E-state index contributed by atoms with van der Waals surface area (Å²) in [5.41, 5.74) is 10.5. The molecule has 0 amide bonds. The van der Waals surface area contributed by atoms with Crippen molar-refractivity contribution in [2.75, 3.05) is 12.3 Å². The fourth-order valence-electron chi connectivity index (χ4n) is 1.95. The molecule has 1 aliphatic heterocycles. The van der Waals surface area contributed by atoms with Gasteiger partial charge in [-0.15, -0.1) is 0 Å². The number of aliphatic hydroxyl groups is 3. The molecule has 5 N–H and O–H groups in total. The van der Waals surface area contributed by atoms with Crippen molar-refractivity contribution in [2.24, 2.45) is 5.11 Å². The molecule has 2 heterocycles. The Labute approximate surface area is 111 Å². The Bertz CT molecular complexity index is 613. The Balaban J connectivity index is 2.45. The first-order valence-corrected chi connectivity index (χ1v) is 5.51. The van der Waals surface area contributed by atoms with Gasteiger partial charge in [-0.1, -0.05) is 5.11 Å². The van der Waals surface area contributed by atoms with Crippen molar-refractivity contribution in [3.63, 3.8) is 0 Å². The third kappa shape index (κ3) is 2.09. The zero-order chi connectivity index (χ0) is 14.9. The molecule has 0 saturated carbocycles.